The Kier molecular flexibility index (Phi) is 6.26. The summed E-state index contributed by atoms with van der Waals surface area (Å²) in [5, 5.41) is 0. The van der Waals surface area contributed by atoms with Gasteiger partial charge in [0, 0.05) is 0 Å². The van der Waals surface area contributed by atoms with Gasteiger partial charge < -0.3 is 9.47 Å². The Hall–Kier alpha value is -0.650. The lowest BCUT2D eigenvalue weighted by molar-refractivity contribution is -0.165. The molecule has 0 amide bonds. The smallest absolute Gasteiger partial charge is 0.327 e. The standard InChI is InChI=1S/C13H28N2O3/c1-9(17-12(2,3)4)10(15-14-8)11(16)18-13(5,6)7/h9-10,14-15H,1-8H3. The molecule has 0 spiro atoms. The molecule has 2 unspecified atom stereocenters. The monoisotopic (exact) mass is 260 g/mol. The Morgan fingerprint density at radius 2 is 1.56 bits per heavy atom. The van der Waals surface area contributed by atoms with Gasteiger partial charge in [-0.25, -0.2) is 5.43 Å². The molecule has 108 valence electrons. The number of nitrogens with one attached hydrogen (secondary N) is 2. The second kappa shape index (κ2) is 6.50. The zero-order valence-corrected chi connectivity index (χ0v) is 12.9. The summed E-state index contributed by atoms with van der Waals surface area (Å²) in [7, 11) is 1.71. The first kappa shape index (κ1) is 17.4. The van der Waals surface area contributed by atoms with Crippen molar-refractivity contribution in [1.29, 1.82) is 0 Å². The Morgan fingerprint density at radius 1 is 1.06 bits per heavy atom. The molecule has 0 rings (SSSR count). The van der Waals surface area contributed by atoms with Crippen molar-refractivity contribution in [3.05, 3.63) is 0 Å². The quantitative estimate of drug-likeness (QED) is 0.581. The minimum absolute atomic E-state index is 0.299. The number of hydrogen-bond acceptors (Lipinski definition) is 5. The molecule has 0 aliphatic carbocycles. The van der Waals surface area contributed by atoms with Crippen molar-refractivity contribution < 1.29 is 14.3 Å². The van der Waals surface area contributed by atoms with Crippen LogP contribution in [0.25, 0.3) is 0 Å². The van der Waals surface area contributed by atoms with Crippen molar-refractivity contribution in [2.45, 2.75) is 71.8 Å². The summed E-state index contributed by atoms with van der Waals surface area (Å²) in [4.78, 5) is 12.1. The van der Waals surface area contributed by atoms with Gasteiger partial charge in [-0.1, -0.05) is 0 Å². The van der Waals surface area contributed by atoms with E-state index in [1.807, 2.05) is 48.5 Å². The van der Waals surface area contributed by atoms with E-state index in [0.29, 0.717) is 0 Å². The molecule has 0 aliphatic heterocycles. The average molecular weight is 260 g/mol. The van der Waals surface area contributed by atoms with E-state index in [4.69, 9.17) is 9.47 Å². The molecule has 18 heavy (non-hydrogen) atoms. The normalized spacial score (nSPS) is 16.2. The molecule has 0 fully saturated rings. The van der Waals surface area contributed by atoms with E-state index in [1.54, 1.807) is 7.05 Å². The van der Waals surface area contributed by atoms with Gasteiger partial charge >= 0.3 is 5.97 Å². The molecule has 0 radical (unpaired) electrons. The van der Waals surface area contributed by atoms with E-state index in [0.717, 1.165) is 0 Å². The number of hydrazine groups is 1. The van der Waals surface area contributed by atoms with Crippen molar-refractivity contribution >= 4 is 5.97 Å². The lowest BCUT2D eigenvalue weighted by Gasteiger charge is -2.31. The summed E-state index contributed by atoms with van der Waals surface area (Å²) in [6, 6.07) is -0.548. The Labute approximate surface area is 111 Å². The van der Waals surface area contributed by atoms with Crippen LogP contribution in [0.2, 0.25) is 0 Å². The fourth-order valence-electron chi connectivity index (χ4n) is 1.51. The van der Waals surface area contributed by atoms with Gasteiger partial charge in [0.25, 0.3) is 0 Å². The van der Waals surface area contributed by atoms with Crippen molar-refractivity contribution in [1.82, 2.24) is 10.9 Å². The number of carbonyl (C=O) groups is 1. The van der Waals surface area contributed by atoms with Crippen LogP contribution in [-0.4, -0.2) is 36.4 Å². The number of carbonyl (C=O) groups excluding carboxylic acids is 1. The lowest BCUT2D eigenvalue weighted by Crippen LogP contribution is -2.54. The molecule has 5 heteroatoms. The third-order valence-electron chi connectivity index (χ3n) is 1.97. The molecule has 5 nitrogen and oxygen atoms in total. The molecule has 0 saturated carbocycles. The fraction of sp³-hybridized carbons (Fsp3) is 0.923. The molecule has 0 aliphatic rings. The summed E-state index contributed by atoms with van der Waals surface area (Å²) in [5.74, 6) is -0.325. The molecule has 0 aromatic carbocycles. The zero-order valence-electron chi connectivity index (χ0n) is 12.9. The van der Waals surface area contributed by atoms with Crippen LogP contribution in [0.4, 0.5) is 0 Å². The van der Waals surface area contributed by atoms with Gasteiger partial charge in [-0.05, 0) is 55.5 Å². The van der Waals surface area contributed by atoms with Crippen molar-refractivity contribution in [3.63, 3.8) is 0 Å². The van der Waals surface area contributed by atoms with E-state index in [9.17, 15) is 4.79 Å². The lowest BCUT2D eigenvalue weighted by atomic mass is 10.1. The topological polar surface area (TPSA) is 59.6 Å². The van der Waals surface area contributed by atoms with Crippen LogP contribution >= 0.6 is 0 Å². The van der Waals surface area contributed by atoms with Gasteiger partial charge in [0.05, 0.1) is 11.7 Å². The van der Waals surface area contributed by atoms with Crippen LogP contribution in [-0.2, 0) is 14.3 Å². The van der Waals surface area contributed by atoms with Crippen molar-refractivity contribution in [3.8, 4) is 0 Å². The summed E-state index contributed by atoms with van der Waals surface area (Å²) in [5.41, 5.74) is 4.83. The summed E-state index contributed by atoms with van der Waals surface area (Å²) in [6.45, 7) is 13.2. The molecule has 0 heterocycles. The Bertz CT molecular complexity index is 266. The predicted octanol–water partition coefficient (Wildman–Crippen LogP) is 1.62. The number of hydrogen-bond donors (Lipinski definition) is 2. The van der Waals surface area contributed by atoms with Crippen LogP contribution in [0.15, 0.2) is 0 Å². The van der Waals surface area contributed by atoms with Gasteiger partial charge in [0.15, 0.2) is 0 Å². The average Bonchev–Trinajstić information content (AvgIpc) is 2.07. The minimum Gasteiger partial charge on any atom is -0.459 e. The van der Waals surface area contributed by atoms with Crippen molar-refractivity contribution in [2.75, 3.05) is 7.05 Å². The first-order valence-electron chi connectivity index (χ1n) is 6.29. The van der Waals surface area contributed by atoms with Gasteiger partial charge in [-0.15, -0.1) is 0 Å². The van der Waals surface area contributed by atoms with E-state index in [2.05, 4.69) is 10.9 Å². The van der Waals surface area contributed by atoms with E-state index < -0.39 is 11.6 Å². The molecule has 0 bridgehead atoms. The fourth-order valence-corrected chi connectivity index (χ4v) is 1.51. The molecular formula is C13H28N2O3. The highest BCUT2D eigenvalue weighted by molar-refractivity contribution is 5.76. The van der Waals surface area contributed by atoms with Crippen LogP contribution in [0.5, 0.6) is 0 Å². The predicted molar refractivity (Wildman–Crippen MR) is 72.1 cm³/mol. The van der Waals surface area contributed by atoms with Gasteiger partial charge in [-0.2, -0.15) is 0 Å². The van der Waals surface area contributed by atoms with Gasteiger partial charge in [0.1, 0.15) is 11.6 Å². The Morgan fingerprint density at radius 3 is 1.89 bits per heavy atom. The minimum atomic E-state index is -0.548. The van der Waals surface area contributed by atoms with E-state index in [-0.39, 0.29) is 17.7 Å². The molecule has 0 saturated heterocycles. The first-order chi connectivity index (χ1) is 7.96. The highest BCUT2D eigenvalue weighted by Gasteiger charge is 2.32. The highest BCUT2D eigenvalue weighted by Crippen LogP contribution is 2.16. The van der Waals surface area contributed by atoms with E-state index >= 15 is 0 Å². The summed E-state index contributed by atoms with van der Waals surface area (Å²) in [6.07, 6.45) is -0.299. The highest BCUT2D eigenvalue weighted by atomic mass is 16.6. The number of esters is 1. The third-order valence-corrected chi connectivity index (χ3v) is 1.97. The number of rotatable bonds is 5. The molecule has 2 N–H and O–H groups in total. The SMILES string of the molecule is CNNC(C(=O)OC(C)(C)C)C(C)OC(C)(C)C. The molecular weight excluding hydrogens is 232 g/mol. The molecule has 0 aromatic rings. The largest absolute Gasteiger partial charge is 0.459 e. The maximum atomic E-state index is 12.1. The van der Waals surface area contributed by atoms with Crippen LogP contribution in [0, 0.1) is 0 Å². The summed E-state index contributed by atoms with van der Waals surface area (Å²) < 4.78 is 11.2. The zero-order chi connectivity index (χ0) is 14.6. The first-order valence-corrected chi connectivity index (χ1v) is 6.29. The van der Waals surface area contributed by atoms with Crippen LogP contribution in [0.3, 0.4) is 0 Å². The van der Waals surface area contributed by atoms with Crippen LogP contribution in [0.1, 0.15) is 48.5 Å². The maximum Gasteiger partial charge on any atom is 0.327 e. The third kappa shape index (κ3) is 7.63. The molecule has 2 atom stereocenters. The summed E-state index contributed by atoms with van der Waals surface area (Å²) >= 11 is 0. The van der Waals surface area contributed by atoms with Gasteiger partial charge in [0.2, 0.25) is 0 Å². The van der Waals surface area contributed by atoms with Crippen molar-refractivity contribution in [2.24, 2.45) is 0 Å². The Balaban J connectivity index is 4.69. The van der Waals surface area contributed by atoms with E-state index in [1.165, 1.54) is 0 Å². The van der Waals surface area contributed by atoms with Crippen LogP contribution < -0.4 is 10.9 Å². The van der Waals surface area contributed by atoms with Gasteiger partial charge in [-0.3, -0.25) is 10.2 Å². The molecule has 0 aromatic heterocycles. The second-order valence-electron chi connectivity index (χ2n) is 6.34. The maximum absolute atomic E-state index is 12.1. The number of ether oxygens (including phenoxy) is 2. The second-order valence-corrected chi connectivity index (χ2v) is 6.34.